The van der Waals surface area contributed by atoms with Crippen molar-refractivity contribution in [2.45, 2.75) is 51.9 Å². The Kier molecular flexibility index (Phi) is 5.58. The lowest BCUT2D eigenvalue weighted by atomic mass is 9.91. The Balaban J connectivity index is 4.19. The van der Waals surface area contributed by atoms with Crippen LogP contribution < -0.4 is 0 Å². The monoisotopic (exact) mass is 228 g/mol. The van der Waals surface area contributed by atoms with E-state index < -0.39 is 13.7 Å². The Bertz CT molecular complexity index is 243. The predicted octanol–water partition coefficient (Wildman–Crippen LogP) is 2.03. The minimum atomic E-state index is -1.33. The van der Waals surface area contributed by atoms with E-state index in [0.717, 1.165) is 0 Å². The van der Waals surface area contributed by atoms with Crippen molar-refractivity contribution in [1.29, 1.82) is 0 Å². The molecule has 0 unspecified atom stereocenters. The number of rotatable bonds is 4. The van der Waals surface area contributed by atoms with Crippen LogP contribution in [0.1, 0.15) is 26.7 Å². The first-order valence-electron chi connectivity index (χ1n) is 5.49. The van der Waals surface area contributed by atoms with Crippen LogP contribution in [-0.2, 0) is 0 Å². The predicted molar refractivity (Wildman–Crippen MR) is 67.2 cm³/mol. The van der Waals surface area contributed by atoms with Crippen molar-refractivity contribution in [2.24, 2.45) is 5.92 Å². The minimum absolute atomic E-state index is 0.123. The fourth-order valence-electron chi connectivity index (χ4n) is 1.39. The zero-order valence-electron chi connectivity index (χ0n) is 10.6. The summed E-state index contributed by atoms with van der Waals surface area (Å²) in [4.78, 5) is 0. The van der Waals surface area contributed by atoms with Gasteiger partial charge in [0, 0.05) is 13.0 Å². The van der Waals surface area contributed by atoms with Gasteiger partial charge in [0.1, 0.15) is 8.07 Å². The zero-order valence-corrected chi connectivity index (χ0v) is 11.6. The molecule has 0 saturated carbocycles. The third-order valence-corrected chi connectivity index (χ3v) is 2.96. The topological polar surface area (TPSA) is 40.5 Å². The SMILES string of the molecule is C[C@@H](CO)C[C@@](C)(O)CC#C[Si](C)(C)C. The minimum Gasteiger partial charge on any atom is -0.396 e. The molecule has 0 saturated heterocycles. The summed E-state index contributed by atoms with van der Waals surface area (Å²) >= 11 is 0. The van der Waals surface area contributed by atoms with Crippen LogP contribution >= 0.6 is 0 Å². The van der Waals surface area contributed by atoms with E-state index in [1.54, 1.807) is 6.92 Å². The molecule has 0 radical (unpaired) electrons. The second kappa shape index (κ2) is 5.69. The summed E-state index contributed by atoms with van der Waals surface area (Å²) in [7, 11) is -1.33. The molecule has 0 spiro atoms. The summed E-state index contributed by atoms with van der Waals surface area (Å²) < 4.78 is 0. The van der Waals surface area contributed by atoms with E-state index in [9.17, 15) is 5.11 Å². The van der Waals surface area contributed by atoms with Crippen LogP contribution in [0.2, 0.25) is 19.6 Å². The number of aliphatic hydroxyl groups excluding tert-OH is 1. The first kappa shape index (κ1) is 14.7. The van der Waals surface area contributed by atoms with Crippen LogP contribution in [0.15, 0.2) is 0 Å². The Morgan fingerprint density at radius 1 is 1.33 bits per heavy atom. The maximum atomic E-state index is 10.0. The lowest BCUT2D eigenvalue weighted by molar-refractivity contribution is 0.0312. The third-order valence-electron chi connectivity index (χ3n) is 2.03. The first-order chi connectivity index (χ1) is 6.66. The van der Waals surface area contributed by atoms with Crippen molar-refractivity contribution >= 4 is 8.07 Å². The van der Waals surface area contributed by atoms with Gasteiger partial charge in [0.05, 0.1) is 5.60 Å². The largest absolute Gasteiger partial charge is 0.396 e. The second-order valence-electron chi connectivity index (χ2n) is 5.72. The number of aliphatic hydroxyl groups is 2. The standard InChI is InChI=1S/C12H24O2Si/c1-11(10-13)9-12(2,14)7-6-8-15(3,4)5/h11,13-14H,7,9-10H2,1-5H3/t11-,12+/m1/s1. The van der Waals surface area contributed by atoms with E-state index in [2.05, 4.69) is 31.1 Å². The van der Waals surface area contributed by atoms with Gasteiger partial charge in [0.2, 0.25) is 0 Å². The highest BCUT2D eigenvalue weighted by molar-refractivity contribution is 6.83. The van der Waals surface area contributed by atoms with Gasteiger partial charge in [0.25, 0.3) is 0 Å². The van der Waals surface area contributed by atoms with Crippen molar-refractivity contribution in [2.75, 3.05) is 6.61 Å². The molecule has 0 aromatic rings. The molecule has 15 heavy (non-hydrogen) atoms. The third kappa shape index (κ3) is 8.68. The average Bonchev–Trinajstić information content (AvgIpc) is 2.00. The van der Waals surface area contributed by atoms with E-state index in [4.69, 9.17) is 5.11 Å². The Morgan fingerprint density at radius 3 is 2.27 bits per heavy atom. The van der Waals surface area contributed by atoms with Crippen LogP contribution in [0.4, 0.5) is 0 Å². The zero-order chi connectivity index (χ0) is 12.1. The van der Waals surface area contributed by atoms with Crippen LogP contribution in [0.5, 0.6) is 0 Å². The summed E-state index contributed by atoms with van der Waals surface area (Å²) in [6, 6.07) is 0. The molecule has 0 aliphatic rings. The van der Waals surface area contributed by atoms with Gasteiger partial charge in [-0.05, 0) is 19.3 Å². The van der Waals surface area contributed by atoms with Gasteiger partial charge in [-0.15, -0.1) is 11.5 Å². The fourth-order valence-corrected chi connectivity index (χ4v) is 2.01. The van der Waals surface area contributed by atoms with Crippen molar-refractivity contribution in [3.63, 3.8) is 0 Å². The molecule has 0 aliphatic heterocycles. The molecule has 2 N–H and O–H groups in total. The maximum absolute atomic E-state index is 10.0. The summed E-state index contributed by atoms with van der Waals surface area (Å²) in [5.74, 6) is 3.21. The van der Waals surface area contributed by atoms with Crippen molar-refractivity contribution < 1.29 is 10.2 Å². The second-order valence-corrected chi connectivity index (χ2v) is 10.5. The highest BCUT2D eigenvalue weighted by atomic mass is 28.3. The molecule has 2 nitrogen and oxygen atoms in total. The average molecular weight is 228 g/mol. The molecular formula is C12H24O2Si. The van der Waals surface area contributed by atoms with Crippen LogP contribution in [0, 0.1) is 17.4 Å². The normalized spacial score (nSPS) is 17.5. The lowest BCUT2D eigenvalue weighted by Crippen LogP contribution is -2.27. The summed E-state index contributed by atoms with van der Waals surface area (Å²) in [5.41, 5.74) is 2.47. The molecule has 0 bridgehead atoms. The van der Waals surface area contributed by atoms with Gasteiger partial charge in [0.15, 0.2) is 0 Å². The van der Waals surface area contributed by atoms with Crippen LogP contribution in [0.25, 0.3) is 0 Å². The number of hydrogen-bond acceptors (Lipinski definition) is 2. The van der Waals surface area contributed by atoms with Crippen molar-refractivity contribution in [3.8, 4) is 11.5 Å². The van der Waals surface area contributed by atoms with E-state index in [0.29, 0.717) is 12.8 Å². The molecule has 0 aromatic carbocycles. The molecule has 2 atom stereocenters. The fraction of sp³-hybridized carbons (Fsp3) is 0.833. The Labute approximate surface area is 94.7 Å². The summed E-state index contributed by atoms with van der Waals surface area (Å²) in [6.45, 7) is 10.4. The molecule has 0 aliphatic carbocycles. The number of hydrogen-bond donors (Lipinski definition) is 2. The summed E-state index contributed by atoms with van der Waals surface area (Å²) in [5, 5.41) is 18.9. The van der Waals surface area contributed by atoms with Gasteiger partial charge < -0.3 is 10.2 Å². The molecule has 0 aromatic heterocycles. The highest BCUT2D eigenvalue weighted by Gasteiger charge is 2.22. The van der Waals surface area contributed by atoms with Gasteiger partial charge in [-0.3, -0.25) is 0 Å². The summed E-state index contributed by atoms with van der Waals surface area (Å²) in [6.07, 6.45) is 1.10. The molecule has 88 valence electrons. The van der Waals surface area contributed by atoms with E-state index >= 15 is 0 Å². The molecule has 0 rings (SSSR count). The van der Waals surface area contributed by atoms with E-state index in [1.807, 2.05) is 6.92 Å². The van der Waals surface area contributed by atoms with Crippen LogP contribution in [-0.4, -0.2) is 30.5 Å². The smallest absolute Gasteiger partial charge is 0.129 e. The highest BCUT2D eigenvalue weighted by Crippen LogP contribution is 2.19. The van der Waals surface area contributed by atoms with Gasteiger partial charge in [-0.25, -0.2) is 0 Å². The lowest BCUT2D eigenvalue weighted by Gasteiger charge is -2.23. The van der Waals surface area contributed by atoms with Gasteiger partial charge in [-0.2, -0.15) is 0 Å². The molecule has 0 amide bonds. The Hall–Kier alpha value is -0.303. The quantitative estimate of drug-likeness (QED) is 0.571. The Morgan fingerprint density at radius 2 is 1.87 bits per heavy atom. The molecular weight excluding hydrogens is 204 g/mol. The van der Waals surface area contributed by atoms with Gasteiger partial charge in [-0.1, -0.05) is 26.6 Å². The molecule has 0 heterocycles. The van der Waals surface area contributed by atoms with Crippen molar-refractivity contribution in [1.82, 2.24) is 0 Å². The molecule has 0 fully saturated rings. The molecule has 3 heteroatoms. The van der Waals surface area contributed by atoms with Crippen molar-refractivity contribution in [3.05, 3.63) is 0 Å². The van der Waals surface area contributed by atoms with Gasteiger partial charge >= 0.3 is 0 Å². The van der Waals surface area contributed by atoms with E-state index in [-0.39, 0.29) is 12.5 Å². The first-order valence-corrected chi connectivity index (χ1v) is 8.99. The van der Waals surface area contributed by atoms with E-state index in [1.165, 1.54) is 0 Å². The van der Waals surface area contributed by atoms with Crippen LogP contribution in [0.3, 0.4) is 0 Å². The maximum Gasteiger partial charge on any atom is 0.129 e.